The van der Waals surface area contributed by atoms with Crippen molar-refractivity contribution in [2.75, 3.05) is 19.7 Å². The van der Waals surface area contributed by atoms with Crippen molar-refractivity contribution in [1.29, 1.82) is 0 Å². The second-order valence-corrected chi connectivity index (χ2v) is 8.69. The van der Waals surface area contributed by atoms with Crippen molar-refractivity contribution in [3.8, 4) is 0 Å². The van der Waals surface area contributed by atoms with Gasteiger partial charge in [-0.2, -0.15) is 0 Å². The van der Waals surface area contributed by atoms with Crippen LogP contribution < -0.4 is 10.6 Å². The summed E-state index contributed by atoms with van der Waals surface area (Å²) >= 11 is 0. The molecular weight excluding hydrogens is 376 g/mol. The van der Waals surface area contributed by atoms with Gasteiger partial charge in [0, 0.05) is 0 Å². The van der Waals surface area contributed by atoms with Crippen molar-refractivity contribution in [1.82, 2.24) is 10.6 Å². The molecule has 2 N–H and O–H groups in total. The minimum Gasteiger partial charge on any atom is -0.493 e. The van der Waals surface area contributed by atoms with Gasteiger partial charge >= 0.3 is 6.09 Å². The quantitative estimate of drug-likeness (QED) is 0.450. The molecule has 1 aromatic carbocycles. The first-order valence-electron chi connectivity index (χ1n) is 10.7. The number of nitrogens with one attached hydrogen (secondary N) is 2. The zero-order valence-electron chi connectivity index (χ0n) is 18.7. The minimum absolute atomic E-state index is 0.322. The Morgan fingerprint density at radius 3 is 2.53 bits per heavy atom. The zero-order chi connectivity index (χ0) is 22.0. The van der Waals surface area contributed by atoms with Crippen molar-refractivity contribution in [2.45, 2.75) is 52.2 Å². The van der Waals surface area contributed by atoms with Gasteiger partial charge in [0.1, 0.15) is 11.4 Å². The summed E-state index contributed by atoms with van der Waals surface area (Å²) in [5.74, 6) is 1.30. The lowest BCUT2D eigenvalue weighted by molar-refractivity contribution is 0.0511. The number of rotatable bonds is 8. The molecule has 1 aliphatic rings. The number of hydrogen-bond acceptors (Lipinski definition) is 4. The number of alkyl carbamates (subject to hydrolysis) is 1. The van der Waals surface area contributed by atoms with Crippen LogP contribution in [0.1, 0.15) is 52.1 Å². The third-order valence-corrected chi connectivity index (χ3v) is 4.85. The summed E-state index contributed by atoms with van der Waals surface area (Å²) in [6, 6.07) is 9.54. The number of amides is 1. The zero-order valence-corrected chi connectivity index (χ0v) is 18.7. The molecule has 5 heteroatoms. The molecular formula is C25H36N2O3. The van der Waals surface area contributed by atoms with Crippen molar-refractivity contribution in [2.24, 2.45) is 5.92 Å². The molecule has 0 aromatic heterocycles. The van der Waals surface area contributed by atoms with E-state index in [9.17, 15) is 4.79 Å². The van der Waals surface area contributed by atoms with Crippen LogP contribution in [-0.4, -0.2) is 31.4 Å². The second kappa shape index (κ2) is 11.6. The maximum Gasteiger partial charge on any atom is 0.408 e. The maximum absolute atomic E-state index is 12.5. The topological polar surface area (TPSA) is 59.6 Å². The summed E-state index contributed by atoms with van der Waals surface area (Å²) in [5.41, 5.74) is 1.37. The summed E-state index contributed by atoms with van der Waals surface area (Å²) < 4.78 is 11.6. The molecule has 0 saturated carbocycles. The normalized spacial score (nSPS) is 17.2. The largest absolute Gasteiger partial charge is 0.493 e. The second-order valence-electron chi connectivity index (χ2n) is 8.69. The van der Waals surface area contributed by atoms with Gasteiger partial charge < -0.3 is 20.1 Å². The SMILES string of the molecule is C=CC=C(C=C(C)C(NC(=O)OC(C)(C)C)c1ccccc1)OCC1CCNCC1. The highest BCUT2D eigenvalue weighted by molar-refractivity contribution is 5.69. The van der Waals surface area contributed by atoms with Crippen LogP contribution in [0.15, 0.2) is 66.5 Å². The monoisotopic (exact) mass is 412 g/mol. The lowest BCUT2D eigenvalue weighted by Gasteiger charge is -2.25. The first-order chi connectivity index (χ1) is 14.3. The lowest BCUT2D eigenvalue weighted by Crippen LogP contribution is -2.35. The van der Waals surface area contributed by atoms with Gasteiger partial charge in [-0.25, -0.2) is 4.79 Å². The number of allylic oxidation sites excluding steroid dienone is 3. The van der Waals surface area contributed by atoms with Crippen molar-refractivity contribution < 1.29 is 14.3 Å². The molecule has 2 rings (SSSR count). The molecule has 1 fully saturated rings. The van der Waals surface area contributed by atoms with Crippen LogP contribution in [0.2, 0.25) is 0 Å². The Bertz CT molecular complexity index is 741. The van der Waals surface area contributed by atoms with Gasteiger partial charge in [-0.1, -0.05) is 43.0 Å². The first kappa shape index (κ1) is 23.7. The Balaban J connectivity index is 2.17. The highest BCUT2D eigenvalue weighted by Gasteiger charge is 2.22. The number of ether oxygens (including phenoxy) is 2. The van der Waals surface area contributed by atoms with E-state index in [1.807, 2.05) is 70.2 Å². The Morgan fingerprint density at radius 1 is 1.27 bits per heavy atom. The summed E-state index contributed by atoms with van der Waals surface area (Å²) in [7, 11) is 0. The highest BCUT2D eigenvalue weighted by atomic mass is 16.6. The Kier molecular flexibility index (Phi) is 9.18. The molecule has 1 saturated heterocycles. The lowest BCUT2D eigenvalue weighted by atomic mass is 9.98. The molecule has 1 heterocycles. The standard InChI is InChI=1S/C25H36N2O3/c1-6-10-22(29-18-20-13-15-26-16-14-20)17-19(2)23(21-11-8-7-9-12-21)27-24(28)30-25(3,4)5/h6-12,17,20,23,26H,1,13-16,18H2,2-5H3,(H,27,28). The third-order valence-electron chi connectivity index (χ3n) is 4.85. The number of hydrogen-bond donors (Lipinski definition) is 2. The number of piperidine rings is 1. The fourth-order valence-electron chi connectivity index (χ4n) is 3.36. The van der Waals surface area contributed by atoms with E-state index >= 15 is 0 Å². The Labute approximate surface area is 181 Å². The molecule has 0 aliphatic carbocycles. The molecule has 164 valence electrons. The van der Waals surface area contributed by atoms with Crippen LogP contribution in [-0.2, 0) is 9.47 Å². The van der Waals surface area contributed by atoms with Gasteiger partial charge in [-0.15, -0.1) is 0 Å². The molecule has 1 amide bonds. The van der Waals surface area contributed by atoms with E-state index in [0.29, 0.717) is 12.5 Å². The number of carbonyl (C=O) groups excluding carboxylic acids is 1. The molecule has 1 atom stereocenters. The van der Waals surface area contributed by atoms with Crippen LogP contribution in [0.4, 0.5) is 4.79 Å². The van der Waals surface area contributed by atoms with Crippen LogP contribution in [0.5, 0.6) is 0 Å². The van der Waals surface area contributed by atoms with E-state index < -0.39 is 11.7 Å². The molecule has 1 unspecified atom stereocenters. The summed E-state index contributed by atoms with van der Waals surface area (Å²) in [6.45, 7) is 14.1. The molecule has 5 nitrogen and oxygen atoms in total. The number of carbonyl (C=O) groups is 1. The molecule has 1 aromatic rings. The van der Waals surface area contributed by atoms with Gasteiger partial charge in [0.05, 0.1) is 12.6 Å². The van der Waals surface area contributed by atoms with Gasteiger partial charge in [0.15, 0.2) is 0 Å². The van der Waals surface area contributed by atoms with Crippen molar-refractivity contribution in [3.63, 3.8) is 0 Å². The predicted octanol–water partition coefficient (Wildman–Crippen LogP) is 5.28. The summed E-state index contributed by atoms with van der Waals surface area (Å²) in [6.07, 6.45) is 7.35. The average Bonchev–Trinajstić information content (AvgIpc) is 2.70. The maximum atomic E-state index is 12.5. The molecule has 1 aliphatic heterocycles. The molecule has 0 spiro atoms. The van der Waals surface area contributed by atoms with E-state index in [1.165, 1.54) is 0 Å². The van der Waals surface area contributed by atoms with E-state index in [4.69, 9.17) is 9.47 Å². The van der Waals surface area contributed by atoms with Crippen molar-refractivity contribution >= 4 is 6.09 Å². The fourth-order valence-corrected chi connectivity index (χ4v) is 3.36. The highest BCUT2D eigenvalue weighted by Crippen LogP contribution is 2.24. The predicted molar refractivity (Wildman–Crippen MR) is 122 cm³/mol. The van der Waals surface area contributed by atoms with Crippen molar-refractivity contribution in [3.05, 3.63) is 72.0 Å². The molecule has 0 radical (unpaired) electrons. The third kappa shape index (κ3) is 8.46. The Hall–Kier alpha value is -2.53. The van der Waals surface area contributed by atoms with Gasteiger partial charge in [-0.05, 0) is 82.8 Å². The smallest absolute Gasteiger partial charge is 0.408 e. The van der Waals surface area contributed by atoms with E-state index in [2.05, 4.69) is 17.2 Å². The summed E-state index contributed by atoms with van der Waals surface area (Å²) in [5, 5.41) is 6.37. The van der Waals surface area contributed by atoms with Crippen LogP contribution in [0.3, 0.4) is 0 Å². The van der Waals surface area contributed by atoms with E-state index in [1.54, 1.807) is 6.08 Å². The van der Waals surface area contributed by atoms with Gasteiger partial charge in [-0.3, -0.25) is 0 Å². The first-order valence-corrected chi connectivity index (χ1v) is 10.7. The Morgan fingerprint density at radius 2 is 1.93 bits per heavy atom. The van der Waals surface area contributed by atoms with Crippen LogP contribution >= 0.6 is 0 Å². The summed E-state index contributed by atoms with van der Waals surface area (Å²) in [4.78, 5) is 12.5. The molecule has 0 bridgehead atoms. The van der Waals surface area contributed by atoms with Gasteiger partial charge in [0.25, 0.3) is 0 Å². The number of benzene rings is 1. The van der Waals surface area contributed by atoms with E-state index in [-0.39, 0.29) is 6.04 Å². The molecule has 30 heavy (non-hydrogen) atoms. The van der Waals surface area contributed by atoms with Crippen LogP contribution in [0, 0.1) is 5.92 Å². The average molecular weight is 413 g/mol. The van der Waals surface area contributed by atoms with Crippen LogP contribution in [0.25, 0.3) is 0 Å². The minimum atomic E-state index is -0.561. The van der Waals surface area contributed by atoms with Gasteiger partial charge in [0.2, 0.25) is 0 Å². The van der Waals surface area contributed by atoms with E-state index in [0.717, 1.165) is 42.8 Å². The fraction of sp³-hybridized carbons (Fsp3) is 0.480.